The lowest BCUT2D eigenvalue weighted by atomic mass is 10.0. The maximum atomic E-state index is 6.64. The second-order valence-electron chi connectivity index (χ2n) is 14.0. The van der Waals surface area contributed by atoms with Crippen molar-refractivity contribution in [1.29, 1.82) is 0 Å². The number of anilines is 3. The molecule has 0 saturated heterocycles. The molecule has 0 aliphatic heterocycles. The van der Waals surface area contributed by atoms with Gasteiger partial charge >= 0.3 is 0 Å². The van der Waals surface area contributed by atoms with Crippen LogP contribution in [-0.4, -0.2) is 4.98 Å². The minimum absolute atomic E-state index is 0.583. The molecule has 252 valence electrons. The molecule has 3 aromatic heterocycles. The van der Waals surface area contributed by atoms with Crippen molar-refractivity contribution in [3.63, 3.8) is 0 Å². The summed E-state index contributed by atoms with van der Waals surface area (Å²) in [6.45, 7) is 0. The Morgan fingerprint density at radius 1 is 0.407 bits per heavy atom. The number of hydrogen-bond acceptors (Lipinski definition) is 5. The molecule has 0 spiro atoms. The first kappa shape index (κ1) is 29.6. The minimum atomic E-state index is 0.583. The Morgan fingerprint density at radius 2 is 1.04 bits per heavy atom. The predicted molar refractivity (Wildman–Crippen MR) is 227 cm³/mol. The van der Waals surface area contributed by atoms with E-state index in [-0.39, 0.29) is 0 Å². The second kappa shape index (κ2) is 11.3. The molecule has 0 saturated carbocycles. The summed E-state index contributed by atoms with van der Waals surface area (Å²) in [6, 6.07) is 60.4. The van der Waals surface area contributed by atoms with Crippen LogP contribution in [-0.2, 0) is 0 Å². The zero-order valence-electron chi connectivity index (χ0n) is 28.8. The fourth-order valence-electron chi connectivity index (χ4n) is 8.21. The topological polar surface area (TPSA) is 42.4 Å². The van der Waals surface area contributed by atoms with E-state index >= 15 is 0 Å². The predicted octanol–water partition coefficient (Wildman–Crippen LogP) is 14.7. The lowest BCUT2D eigenvalue weighted by Gasteiger charge is -2.26. The van der Waals surface area contributed by atoms with Gasteiger partial charge in [-0.05, 0) is 105 Å². The van der Waals surface area contributed by atoms with Crippen LogP contribution in [0.4, 0.5) is 17.1 Å². The molecular formula is C49H28N2O2S. The van der Waals surface area contributed by atoms with Gasteiger partial charge in [-0.15, -0.1) is 11.3 Å². The largest absolute Gasteiger partial charge is 0.456 e. The van der Waals surface area contributed by atoms with E-state index in [1.807, 2.05) is 35.6 Å². The molecule has 0 atom stereocenters. The van der Waals surface area contributed by atoms with E-state index in [0.29, 0.717) is 5.89 Å². The van der Waals surface area contributed by atoms with Crippen molar-refractivity contribution in [2.24, 2.45) is 0 Å². The SMILES string of the molecule is c1ccc2cc(N(c3ccc4c(c3)oc3cccc(-c5nc6cc7ccccc7cc6o5)c34)c3ccc4c(c3)sc3cc5ccccc5cc34)ccc2c1. The van der Waals surface area contributed by atoms with E-state index in [9.17, 15) is 0 Å². The van der Waals surface area contributed by atoms with E-state index in [1.165, 1.54) is 41.7 Å². The smallest absolute Gasteiger partial charge is 0.228 e. The molecule has 0 amide bonds. The van der Waals surface area contributed by atoms with E-state index < -0.39 is 0 Å². The molecule has 0 aliphatic rings. The molecule has 0 unspecified atom stereocenters. The minimum Gasteiger partial charge on any atom is -0.456 e. The van der Waals surface area contributed by atoms with Gasteiger partial charge < -0.3 is 13.7 Å². The third-order valence-electron chi connectivity index (χ3n) is 10.8. The van der Waals surface area contributed by atoms with Gasteiger partial charge in [-0.25, -0.2) is 4.98 Å². The van der Waals surface area contributed by atoms with Crippen LogP contribution < -0.4 is 4.90 Å². The second-order valence-corrected chi connectivity index (χ2v) is 15.1. The van der Waals surface area contributed by atoms with Gasteiger partial charge in [0, 0.05) is 59.6 Å². The maximum absolute atomic E-state index is 6.64. The van der Waals surface area contributed by atoms with Gasteiger partial charge in [-0.2, -0.15) is 0 Å². The fraction of sp³-hybridized carbons (Fsp3) is 0. The molecule has 9 aromatic carbocycles. The maximum Gasteiger partial charge on any atom is 0.228 e. The zero-order valence-corrected chi connectivity index (χ0v) is 29.6. The Morgan fingerprint density at radius 3 is 1.85 bits per heavy atom. The van der Waals surface area contributed by atoms with Gasteiger partial charge in [-0.1, -0.05) is 91.0 Å². The molecule has 12 aromatic rings. The Balaban J connectivity index is 1.03. The van der Waals surface area contributed by atoms with E-state index in [1.54, 1.807) is 0 Å². The van der Waals surface area contributed by atoms with Crippen molar-refractivity contribution in [2.75, 3.05) is 4.90 Å². The van der Waals surface area contributed by atoms with Crippen LogP contribution in [0, 0.1) is 0 Å². The van der Waals surface area contributed by atoms with Gasteiger partial charge in [0.25, 0.3) is 0 Å². The first-order valence-electron chi connectivity index (χ1n) is 18.1. The van der Waals surface area contributed by atoms with Gasteiger partial charge in [0.15, 0.2) is 5.58 Å². The van der Waals surface area contributed by atoms with Crippen LogP contribution >= 0.6 is 11.3 Å². The molecule has 0 bridgehead atoms. The van der Waals surface area contributed by atoms with Crippen molar-refractivity contribution < 1.29 is 8.83 Å². The van der Waals surface area contributed by atoms with Crippen LogP contribution in [0.2, 0.25) is 0 Å². The molecule has 4 nitrogen and oxygen atoms in total. The van der Waals surface area contributed by atoms with E-state index in [0.717, 1.165) is 66.4 Å². The molecule has 5 heteroatoms. The molecule has 0 fully saturated rings. The van der Waals surface area contributed by atoms with Crippen LogP contribution in [0.5, 0.6) is 0 Å². The highest BCUT2D eigenvalue weighted by Crippen LogP contribution is 2.44. The van der Waals surface area contributed by atoms with Crippen molar-refractivity contribution in [3.8, 4) is 11.5 Å². The number of thiophene rings is 1. The third-order valence-corrected chi connectivity index (χ3v) is 11.9. The number of nitrogens with zero attached hydrogens (tertiary/aromatic N) is 2. The monoisotopic (exact) mass is 708 g/mol. The molecule has 0 radical (unpaired) electrons. The van der Waals surface area contributed by atoms with E-state index in [2.05, 4.69) is 150 Å². The van der Waals surface area contributed by atoms with Crippen molar-refractivity contribution >= 4 is 114 Å². The molecule has 0 aliphatic carbocycles. The summed E-state index contributed by atoms with van der Waals surface area (Å²) in [5.74, 6) is 0.583. The number of fused-ring (bicyclic) bond motifs is 10. The van der Waals surface area contributed by atoms with Crippen LogP contribution in [0.3, 0.4) is 0 Å². The van der Waals surface area contributed by atoms with Crippen molar-refractivity contribution in [2.45, 2.75) is 0 Å². The normalized spacial score (nSPS) is 12.1. The molecule has 0 N–H and O–H groups in total. The number of furan rings is 1. The summed E-state index contributed by atoms with van der Waals surface area (Å²) in [5, 5.41) is 11.8. The Bertz CT molecular complexity index is 3430. The Kier molecular flexibility index (Phi) is 6.18. The van der Waals surface area contributed by atoms with Crippen molar-refractivity contribution in [3.05, 3.63) is 170 Å². The van der Waals surface area contributed by atoms with Crippen LogP contribution in [0.1, 0.15) is 0 Å². The number of benzene rings is 9. The first-order valence-corrected chi connectivity index (χ1v) is 18.9. The molecular weight excluding hydrogens is 681 g/mol. The summed E-state index contributed by atoms with van der Waals surface area (Å²) in [6.07, 6.45) is 0. The average Bonchev–Trinajstić information content (AvgIpc) is 3.91. The summed E-state index contributed by atoms with van der Waals surface area (Å²) >= 11 is 1.85. The van der Waals surface area contributed by atoms with Gasteiger partial charge in [0.1, 0.15) is 16.7 Å². The Labute approximate surface area is 312 Å². The van der Waals surface area contributed by atoms with Gasteiger partial charge in [-0.3, -0.25) is 0 Å². The number of hydrogen-bond donors (Lipinski definition) is 0. The number of aromatic nitrogens is 1. The summed E-state index contributed by atoms with van der Waals surface area (Å²) in [7, 11) is 0. The summed E-state index contributed by atoms with van der Waals surface area (Å²) in [4.78, 5) is 7.30. The lowest BCUT2D eigenvalue weighted by Crippen LogP contribution is -2.09. The highest BCUT2D eigenvalue weighted by atomic mass is 32.1. The van der Waals surface area contributed by atoms with Gasteiger partial charge in [0.2, 0.25) is 5.89 Å². The summed E-state index contributed by atoms with van der Waals surface area (Å²) < 4.78 is 15.6. The fourth-order valence-corrected chi connectivity index (χ4v) is 9.38. The third kappa shape index (κ3) is 4.52. The number of rotatable bonds is 4. The summed E-state index contributed by atoms with van der Waals surface area (Å²) in [5.41, 5.74) is 7.29. The lowest BCUT2D eigenvalue weighted by molar-refractivity contribution is 0.620. The molecule has 54 heavy (non-hydrogen) atoms. The van der Waals surface area contributed by atoms with Crippen LogP contribution in [0.15, 0.2) is 179 Å². The molecule has 3 heterocycles. The Hall–Kier alpha value is -6.95. The molecule has 12 rings (SSSR count). The quantitative estimate of drug-likeness (QED) is 0.183. The highest BCUT2D eigenvalue weighted by Gasteiger charge is 2.21. The number of oxazole rings is 1. The average molecular weight is 709 g/mol. The highest BCUT2D eigenvalue weighted by molar-refractivity contribution is 7.25. The van der Waals surface area contributed by atoms with Crippen molar-refractivity contribution in [1.82, 2.24) is 4.98 Å². The van der Waals surface area contributed by atoms with Crippen LogP contribution in [0.25, 0.3) is 97.0 Å². The first-order chi connectivity index (χ1) is 26.7. The van der Waals surface area contributed by atoms with E-state index in [4.69, 9.17) is 13.8 Å². The standard InChI is InChI=1S/C49H28N2O2S/c1-2-9-30-22-35(17-16-29(30)8-1)51(37-18-20-38-41-23-31-10-3-6-13-34(31)26-46(41)54-47(38)28-37)36-19-21-39-44(27-36)52-43-15-7-14-40(48(39)43)49-50-42-24-32-11-4-5-12-33(32)25-45(42)53-49/h1-28H. The van der Waals surface area contributed by atoms with Gasteiger partial charge in [0.05, 0.1) is 0 Å². The zero-order chi connectivity index (χ0) is 35.3.